The van der Waals surface area contributed by atoms with E-state index in [1.165, 1.54) is 0 Å². The van der Waals surface area contributed by atoms with Crippen LogP contribution in [0.25, 0.3) is 0 Å². The molecule has 1 aliphatic heterocycles. The third kappa shape index (κ3) is 5.67. The van der Waals surface area contributed by atoms with Crippen molar-refractivity contribution in [3.63, 3.8) is 0 Å². The summed E-state index contributed by atoms with van der Waals surface area (Å²) in [6.07, 6.45) is 2.70. The average Bonchev–Trinajstić information content (AvgIpc) is 2.12. The fourth-order valence-corrected chi connectivity index (χ4v) is 1.38. The summed E-state index contributed by atoms with van der Waals surface area (Å²) in [5.74, 6) is 0.182. The van der Waals surface area contributed by atoms with Crippen LogP contribution in [0.4, 0.5) is 0 Å². The molecule has 0 aromatic heterocycles. The van der Waals surface area contributed by atoms with Gasteiger partial charge in [0, 0.05) is 66.5 Å². The molecule has 0 aliphatic carbocycles. The maximum absolute atomic E-state index is 9.46. The van der Waals surface area contributed by atoms with E-state index in [0.29, 0.717) is 0 Å². The normalized spacial score (nSPS) is 37.7. The first-order chi connectivity index (χ1) is 5.63. The summed E-state index contributed by atoms with van der Waals surface area (Å²) >= 11 is 0. The Morgan fingerprint density at radius 2 is 1.86 bits per heavy atom. The summed E-state index contributed by atoms with van der Waals surface area (Å²) in [4.78, 5) is 0. The molecular weight excluding hydrogens is 429 g/mol. The quantitative estimate of drug-likeness (QED) is 0.567. The summed E-state index contributed by atoms with van der Waals surface area (Å²) in [7, 11) is 0. The Hall–Kier alpha value is 1.67. The van der Waals surface area contributed by atoms with Crippen molar-refractivity contribution in [1.29, 1.82) is 0 Å². The molecule has 2 unspecified atom stereocenters. The van der Waals surface area contributed by atoms with E-state index >= 15 is 0 Å². The maximum Gasteiger partial charge on any atom is 0.0495 e. The Balaban J connectivity index is 0. The minimum Gasteiger partial charge on any atom is -0.423 e. The zero-order valence-corrected chi connectivity index (χ0v) is 14.2. The van der Waals surface area contributed by atoms with Crippen LogP contribution in [-0.2, 0) is 58.5 Å². The standard InChI is InChI=1S/C9H16O3.W.Y/c1-6-3-8(5-10)12-7(2)9(11)4-6;;/h3-4,6-11H,5H2,1-2H3;;/q-2;;/t6?,7-,8?,9+;;/m0../s1. The second-order valence-corrected chi connectivity index (χ2v) is 3.30. The fourth-order valence-electron chi connectivity index (χ4n) is 1.38. The second-order valence-electron chi connectivity index (χ2n) is 3.30. The van der Waals surface area contributed by atoms with Crippen LogP contribution in [-0.4, -0.2) is 35.1 Å². The van der Waals surface area contributed by atoms with E-state index in [9.17, 15) is 5.11 Å². The van der Waals surface area contributed by atoms with Crippen LogP contribution >= 0.6 is 0 Å². The van der Waals surface area contributed by atoms with Crippen LogP contribution < -0.4 is 0 Å². The van der Waals surface area contributed by atoms with Gasteiger partial charge in [-0.1, -0.05) is 0 Å². The molecule has 1 radical (unpaired) electrons. The number of hydrogen-bond donors (Lipinski definition) is 2. The van der Waals surface area contributed by atoms with E-state index in [1.54, 1.807) is 6.92 Å². The Kier molecular flexibility index (Phi) is 11.3. The minimum absolute atomic E-state index is 0. The predicted octanol–water partition coefficient (Wildman–Crippen LogP) is 0.167. The Morgan fingerprint density at radius 3 is 2.36 bits per heavy atom. The summed E-state index contributed by atoms with van der Waals surface area (Å²) in [6.45, 7) is 3.75. The van der Waals surface area contributed by atoms with Gasteiger partial charge >= 0.3 is 0 Å². The number of hydrogen-bond acceptors (Lipinski definition) is 3. The molecule has 1 fully saturated rings. The molecule has 1 saturated heterocycles. The largest absolute Gasteiger partial charge is 0.423 e. The van der Waals surface area contributed by atoms with Crippen molar-refractivity contribution in [2.24, 2.45) is 5.92 Å². The predicted molar refractivity (Wildman–Crippen MR) is 45.2 cm³/mol. The van der Waals surface area contributed by atoms with E-state index in [0.717, 1.165) is 0 Å². The van der Waals surface area contributed by atoms with Gasteiger partial charge in [-0.2, -0.15) is 0 Å². The topological polar surface area (TPSA) is 49.7 Å². The third-order valence-electron chi connectivity index (χ3n) is 2.07. The Morgan fingerprint density at radius 1 is 1.29 bits per heavy atom. The molecule has 2 N–H and O–H groups in total. The number of ether oxygens (including phenoxy) is 1. The van der Waals surface area contributed by atoms with Crippen molar-refractivity contribution in [1.82, 2.24) is 0 Å². The van der Waals surface area contributed by atoms with Gasteiger partial charge in [0.15, 0.2) is 0 Å². The summed E-state index contributed by atoms with van der Waals surface area (Å²) in [5.41, 5.74) is 0. The minimum atomic E-state index is -0.534. The molecular formula is C9H16O3WY-2. The molecule has 81 valence electrons. The van der Waals surface area contributed by atoms with Gasteiger partial charge in [-0.25, -0.2) is 0 Å². The van der Waals surface area contributed by atoms with Gasteiger partial charge in [0.2, 0.25) is 0 Å². The smallest absolute Gasteiger partial charge is 0.0495 e. The van der Waals surface area contributed by atoms with E-state index < -0.39 is 6.10 Å². The maximum atomic E-state index is 9.46. The van der Waals surface area contributed by atoms with Crippen molar-refractivity contribution in [3.05, 3.63) is 12.8 Å². The summed E-state index contributed by atoms with van der Waals surface area (Å²) < 4.78 is 5.36. The van der Waals surface area contributed by atoms with Gasteiger partial charge in [0.25, 0.3) is 0 Å². The number of rotatable bonds is 1. The van der Waals surface area contributed by atoms with Gasteiger partial charge in [-0.05, 0) is 19.1 Å². The molecule has 14 heavy (non-hydrogen) atoms. The van der Waals surface area contributed by atoms with E-state index in [1.807, 2.05) is 19.8 Å². The van der Waals surface area contributed by atoms with E-state index in [4.69, 9.17) is 9.84 Å². The molecule has 0 amide bonds. The number of aliphatic hydroxyl groups is 2. The molecule has 0 bridgehead atoms. The van der Waals surface area contributed by atoms with Crippen LogP contribution in [0.3, 0.4) is 0 Å². The molecule has 4 atom stereocenters. The van der Waals surface area contributed by atoms with Crippen LogP contribution in [0.2, 0.25) is 0 Å². The van der Waals surface area contributed by atoms with Gasteiger partial charge < -0.3 is 27.8 Å². The van der Waals surface area contributed by atoms with Crippen LogP contribution in [0.1, 0.15) is 13.8 Å². The van der Waals surface area contributed by atoms with Crippen LogP contribution in [0.5, 0.6) is 0 Å². The van der Waals surface area contributed by atoms with Crippen molar-refractivity contribution in [3.8, 4) is 0 Å². The molecule has 0 saturated carbocycles. The average molecular weight is 445 g/mol. The first kappa shape index (κ1) is 18.0. The van der Waals surface area contributed by atoms with Crippen LogP contribution in [0.15, 0.2) is 0 Å². The molecule has 0 spiro atoms. The molecule has 1 aliphatic rings. The first-order valence-electron chi connectivity index (χ1n) is 4.28. The number of aliphatic hydroxyl groups excluding tert-OH is 2. The first-order valence-corrected chi connectivity index (χ1v) is 4.28. The summed E-state index contributed by atoms with van der Waals surface area (Å²) in [6, 6.07) is 0. The Labute approximate surface area is 125 Å². The molecule has 0 aromatic rings. The van der Waals surface area contributed by atoms with Crippen molar-refractivity contribution >= 4 is 0 Å². The van der Waals surface area contributed by atoms with Gasteiger partial charge in [-0.15, -0.1) is 6.92 Å². The summed E-state index contributed by atoms with van der Waals surface area (Å²) in [5, 5.41) is 18.3. The molecule has 1 rings (SSSR count). The van der Waals surface area contributed by atoms with Gasteiger partial charge in [-0.3, -0.25) is 5.92 Å². The molecule has 0 aromatic carbocycles. The SMILES string of the molecule is CC1[CH-]C(CO)O[C@@H](C)[C@H](O)[CH-]1.[W].[Y]. The second kappa shape index (κ2) is 8.78. The molecule has 1 heterocycles. The molecule has 5 heteroatoms. The van der Waals surface area contributed by atoms with Gasteiger partial charge in [0.1, 0.15) is 0 Å². The van der Waals surface area contributed by atoms with Crippen molar-refractivity contribution in [2.45, 2.75) is 32.2 Å². The molecule has 3 nitrogen and oxygen atoms in total. The fraction of sp³-hybridized carbons (Fsp3) is 0.778. The van der Waals surface area contributed by atoms with Crippen molar-refractivity contribution in [2.75, 3.05) is 6.61 Å². The third-order valence-corrected chi connectivity index (χ3v) is 2.07. The monoisotopic (exact) mass is 445 g/mol. The van der Waals surface area contributed by atoms with Gasteiger partial charge in [0.05, 0.1) is 0 Å². The van der Waals surface area contributed by atoms with E-state index in [-0.39, 0.29) is 78.5 Å². The zero-order valence-electron chi connectivity index (χ0n) is 8.46. The van der Waals surface area contributed by atoms with E-state index in [2.05, 4.69) is 0 Å². The zero-order chi connectivity index (χ0) is 9.14. The van der Waals surface area contributed by atoms with Crippen molar-refractivity contribution < 1.29 is 68.7 Å². The Bertz CT molecular complexity index is 148. The van der Waals surface area contributed by atoms with Crippen LogP contribution in [0, 0.1) is 18.8 Å².